The summed E-state index contributed by atoms with van der Waals surface area (Å²) >= 11 is 0. The molecule has 0 radical (unpaired) electrons. The van der Waals surface area contributed by atoms with Gasteiger partial charge in [0, 0.05) is 12.1 Å². The Morgan fingerprint density at radius 2 is 1.95 bits per heavy atom. The zero-order valence-corrected chi connectivity index (χ0v) is 12.9. The van der Waals surface area contributed by atoms with E-state index in [0.29, 0.717) is 12.1 Å². The summed E-state index contributed by atoms with van der Waals surface area (Å²) in [7, 11) is 0. The number of carbonyl (C=O) groups is 1. The highest BCUT2D eigenvalue weighted by molar-refractivity contribution is 5.84. The van der Waals surface area contributed by atoms with Crippen molar-refractivity contribution in [2.45, 2.75) is 58.2 Å². The van der Waals surface area contributed by atoms with Crippen LogP contribution in [0.25, 0.3) is 0 Å². The average molecular weight is 292 g/mol. The SMILES string of the molecule is CCCCCN1C(=O)C(CCC)NC1c1ccccc1F. The largest absolute Gasteiger partial charge is 0.321 e. The second-order valence-electron chi connectivity index (χ2n) is 5.67. The molecule has 2 unspecified atom stereocenters. The lowest BCUT2D eigenvalue weighted by atomic mass is 10.1. The molecular formula is C17H25FN2O. The summed E-state index contributed by atoms with van der Waals surface area (Å²) in [5.41, 5.74) is 0.570. The van der Waals surface area contributed by atoms with E-state index < -0.39 is 0 Å². The highest BCUT2D eigenvalue weighted by atomic mass is 19.1. The first-order valence-electron chi connectivity index (χ1n) is 8.00. The van der Waals surface area contributed by atoms with Crippen LogP contribution >= 0.6 is 0 Å². The topological polar surface area (TPSA) is 32.3 Å². The van der Waals surface area contributed by atoms with E-state index in [9.17, 15) is 9.18 Å². The summed E-state index contributed by atoms with van der Waals surface area (Å²) in [6, 6.07) is 6.55. The van der Waals surface area contributed by atoms with Crippen LogP contribution in [0.1, 0.15) is 57.7 Å². The molecule has 4 heteroatoms. The Kier molecular flexibility index (Phi) is 5.74. The highest BCUT2D eigenvalue weighted by Gasteiger charge is 2.39. The number of halogens is 1. The molecule has 3 nitrogen and oxygen atoms in total. The van der Waals surface area contributed by atoms with Gasteiger partial charge >= 0.3 is 0 Å². The number of hydrogen-bond acceptors (Lipinski definition) is 2. The molecule has 1 amide bonds. The summed E-state index contributed by atoms with van der Waals surface area (Å²) in [5, 5.41) is 3.31. The van der Waals surface area contributed by atoms with Crippen LogP contribution < -0.4 is 5.32 Å². The predicted molar refractivity (Wildman–Crippen MR) is 82.2 cm³/mol. The van der Waals surface area contributed by atoms with Crippen LogP contribution in [0.5, 0.6) is 0 Å². The van der Waals surface area contributed by atoms with E-state index in [1.165, 1.54) is 6.07 Å². The molecule has 21 heavy (non-hydrogen) atoms. The third kappa shape index (κ3) is 3.62. The first kappa shape index (κ1) is 16.0. The molecule has 2 rings (SSSR count). The molecule has 1 heterocycles. The van der Waals surface area contributed by atoms with E-state index in [2.05, 4.69) is 19.2 Å². The Balaban J connectivity index is 2.19. The number of benzene rings is 1. The molecule has 1 fully saturated rings. The van der Waals surface area contributed by atoms with Crippen molar-refractivity contribution in [3.8, 4) is 0 Å². The lowest BCUT2D eigenvalue weighted by molar-refractivity contribution is -0.130. The second-order valence-corrected chi connectivity index (χ2v) is 5.67. The lowest BCUT2D eigenvalue weighted by Crippen LogP contribution is -2.32. The Morgan fingerprint density at radius 1 is 1.19 bits per heavy atom. The molecule has 1 saturated heterocycles. The number of amides is 1. The zero-order chi connectivity index (χ0) is 15.2. The van der Waals surface area contributed by atoms with Gasteiger partial charge in [-0.2, -0.15) is 0 Å². The lowest BCUT2D eigenvalue weighted by Gasteiger charge is -2.24. The van der Waals surface area contributed by atoms with E-state index in [0.717, 1.165) is 32.1 Å². The summed E-state index contributed by atoms with van der Waals surface area (Å²) in [6.45, 7) is 4.89. The minimum atomic E-state index is -0.327. The smallest absolute Gasteiger partial charge is 0.241 e. The molecule has 2 atom stereocenters. The van der Waals surface area contributed by atoms with Crippen LogP contribution in [0, 0.1) is 5.82 Å². The van der Waals surface area contributed by atoms with E-state index in [4.69, 9.17) is 0 Å². The Morgan fingerprint density at radius 3 is 2.62 bits per heavy atom. The van der Waals surface area contributed by atoms with Crippen molar-refractivity contribution in [1.29, 1.82) is 0 Å². The van der Waals surface area contributed by atoms with Crippen LogP contribution in [0.2, 0.25) is 0 Å². The number of unbranched alkanes of at least 4 members (excludes halogenated alkanes) is 2. The Hall–Kier alpha value is -1.42. The molecule has 0 aliphatic carbocycles. The molecular weight excluding hydrogens is 267 g/mol. The second kappa shape index (κ2) is 7.55. The van der Waals surface area contributed by atoms with Crippen molar-refractivity contribution in [1.82, 2.24) is 10.2 Å². The number of nitrogens with zero attached hydrogens (tertiary/aromatic N) is 1. The van der Waals surface area contributed by atoms with E-state index in [1.54, 1.807) is 12.1 Å². The Labute approximate surface area is 126 Å². The first-order valence-corrected chi connectivity index (χ1v) is 8.00. The predicted octanol–water partition coefficient (Wildman–Crippen LogP) is 3.62. The number of carbonyl (C=O) groups excluding carboxylic acids is 1. The maximum atomic E-state index is 14.1. The van der Waals surface area contributed by atoms with Gasteiger partial charge < -0.3 is 4.90 Å². The molecule has 1 aromatic carbocycles. The molecule has 116 valence electrons. The number of hydrogen-bond donors (Lipinski definition) is 1. The number of rotatable bonds is 7. The monoisotopic (exact) mass is 292 g/mol. The van der Waals surface area contributed by atoms with Gasteiger partial charge in [0.2, 0.25) is 5.91 Å². The van der Waals surface area contributed by atoms with Gasteiger partial charge in [-0.3, -0.25) is 10.1 Å². The van der Waals surface area contributed by atoms with E-state index in [-0.39, 0.29) is 23.9 Å². The van der Waals surface area contributed by atoms with E-state index >= 15 is 0 Å². The van der Waals surface area contributed by atoms with Crippen molar-refractivity contribution in [3.63, 3.8) is 0 Å². The first-order chi connectivity index (χ1) is 10.2. The molecule has 0 bridgehead atoms. The zero-order valence-electron chi connectivity index (χ0n) is 12.9. The van der Waals surface area contributed by atoms with Crippen molar-refractivity contribution < 1.29 is 9.18 Å². The normalized spacial score (nSPS) is 22.0. The number of nitrogens with one attached hydrogen (secondary N) is 1. The highest BCUT2D eigenvalue weighted by Crippen LogP contribution is 2.29. The molecule has 0 saturated carbocycles. The standard InChI is InChI=1S/C17H25FN2O/c1-3-5-8-12-20-16(13-10-6-7-11-14(13)18)19-15(9-4-2)17(20)21/h6-7,10-11,15-16,19H,3-5,8-9,12H2,1-2H3. The minimum Gasteiger partial charge on any atom is -0.321 e. The fourth-order valence-electron chi connectivity index (χ4n) is 2.90. The van der Waals surface area contributed by atoms with Crippen LogP contribution in [0.4, 0.5) is 4.39 Å². The fraction of sp³-hybridized carbons (Fsp3) is 0.588. The van der Waals surface area contributed by atoms with E-state index in [1.807, 2.05) is 11.0 Å². The molecule has 0 aromatic heterocycles. The molecule has 1 N–H and O–H groups in total. The van der Waals surface area contributed by atoms with Gasteiger partial charge in [0.25, 0.3) is 0 Å². The minimum absolute atomic E-state index is 0.112. The summed E-state index contributed by atoms with van der Waals surface area (Å²) in [5.74, 6) is -0.137. The van der Waals surface area contributed by atoms with Gasteiger partial charge in [0.15, 0.2) is 0 Å². The maximum Gasteiger partial charge on any atom is 0.241 e. The molecule has 1 aromatic rings. The van der Waals surface area contributed by atoms with Gasteiger partial charge in [-0.05, 0) is 18.9 Å². The molecule has 0 spiro atoms. The van der Waals surface area contributed by atoms with Gasteiger partial charge in [-0.15, -0.1) is 0 Å². The average Bonchev–Trinajstić information content (AvgIpc) is 2.78. The van der Waals surface area contributed by atoms with Crippen LogP contribution in [-0.2, 0) is 4.79 Å². The summed E-state index contributed by atoms with van der Waals surface area (Å²) in [4.78, 5) is 14.3. The fourth-order valence-corrected chi connectivity index (χ4v) is 2.90. The third-order valence-corrected chi connectivity index (χ3v) is 4.03. The third-order valence-electron chi connectivity index (χ3n) is 4.03. The van der Waals surface area contributed by atoms with Gasteiger partial charge in [-0.1, -0.05) is 51.3 Å². The van der Waals surface area contributed by atoms with Crippen LogP contribution in [0.3, 0.4) is 0 Å². The molecule has 1 aliphatic rings. The van der Waals surface area contributed by atoms with Crippen molar-refractivity contribution >= 4 is 5.91 Å². The Bertz CT molecular complexity index is 478. The van der Waals surface area contributed by atoms with Gasteiger partial charge in [0.05, 0.1) is 6.04 Å². The summed E-state index contributed by atoms with van der Waals surface area (Å²) in [6.07, 6.45) is 4.58. The maximum absolute atomic E-state index is 14.1. The van der Waals surface area contributed by atoms with Gasteiger partial charge in [0.1, 0.15) is 12.0 Å². The van der Waals surface area contributed by atoms with Crippen molar-refractivity contribution in [2.24, 2.45) is 0 Å². The quantitative estimate of drug-likeness (QED) is 0.779. The van der Waals surface area contributed by atoms with Crippen molar-refractivity contribution in [3.05, 3.63) is 35.6 Å². The van der Waals surface area contributed by atoms with Crippen LogP contribution in [-0.4, -0.2) is 23.4 Å². The van der Waals surface area contributed by atoms with Crippen LogP contribution in [0.15, 0.2) is 24.3 Å². The summed E-state index contributed by atoms with van der Waals surface area (Å²) < 4.78 is 14.1. The van der Waals surface area contributed by atoms with Crippen molar-refractivity contribution in [2.75, 3.05) is 6.54 Å². The molecule has 1 aliphatic heterocycles. The van der Waals surface area contributed by atoms with Gasteiger partial charge in [-0.25, -0.2) is 4.39 Å².